The van der Waals surface area contributed by atoms with E-state index in [4.69, 9.17) is 5.73 Å². The van der Waals surface area contributed by atoms with E-state index in [1.165, 1.54) is 12.1 Å². The van der Waals surface area contributed by atoms with Crippen molar-refractivity contribution in [2.24, 2.45) is 5.73 Å². The maximum atomic E-state index is 12.7. The molecule has 0 aliphatic carbocycles. The predicted octanol–water partition coefficient (Wildman–Crippen LogP) is 4.04. The summed E-state index contributed by atoms with van der Waals surface area (Å²) < 4.78 is 38.6. The first-order valence-electron chi connectivity index (χ1n) is 4.59. The van der Waals surface area contributed by atoms with Gasteiger partial charge in [0.05, 0.1) is 5.56 Å². The van der Waals surface area contributed by atoms with E-state index in [0.29, 0.717) is 10.9 Å². The smallest absolute Gasteiger partial charge is 0.324 e. The van der Waals surface area contributed by atoms with Gasteiger partial charge in [-0.1, -0.05) is 28.1 Å². The van der Waals surface area contributed by atoms with Crippen LogP contribution >= 0.6 is 15.9 Å². The Hall–Kier alpha value is -0.810. The first-order valence-corrected chi connectivity index (χ1v) is 5.38. The Morgan fingerprint density at radius 2 is 2.06 bits per heavy atom. The predicted molar refractivity (Wildman–Crippen MR) is 60.9 cm³/mol. The zero-order chi connectivity index (χ0) is 12.3. The topological polar surface area (TPSA) is 26.0 Å². The first-order chi connectivity index (χ1) is 7.36. The number of halogens is 4. The van der Waals surface area contributed by atoms with Crippen molar-refractivity contribution in [3.8, 4) is 0 Å². The second kappa shape index (κ2) is 5.01. The number of benzene rings is 1. The first kappa shape index (κ1) is 13.3. The van der Waals surface area contributed by atoms with Gasteiger partial charge in [-0.15, -0.1) is 6.58 Å². The van der Waals surface area contributed by atoms with Crippen LogP contribution in [0, 0.1) is 0 Å². The van der Waals surface area contributed by atoms with Crippen LogP contribution in [0.4, 0.5) is 13.2 Å². The molecule has 1 rings (SSSR count). The molecule has 0 spiro atoms. The highest BCUT2D eigenvalue weighted by atomic mass is 79.9. The van der Waals surface area contributed by atoms with Gasteiger partial charge in [-0.05, 0) is 24.1 Å². The Labute approximate surface area is 100 Å². The normalized spacial score (nSPS) is 13.6. The number of rotatable bonds is 3. The average molecular weight is 294 g/mol. The van der Waals surface area contributed by atoms with Gasteiger partial charge in [-0.3, -0.25) is 0 Å². The summed E-state index contributed by atoms with van der Waals surface area (Å²) in [6.45, 7) is 3.47. The van der Waals surface area contributed by atoms with Crippen molar-refractivity contribution in [2.75, 3.05) is 0 Å². The van der Waals surface area contributed by atoms with Crippen molar-refractivity contribution in [3.63, 3.8) is 0 Å². The standard InChI is InChI=1S/C11H11BrF3N/c1-2-3-10(16)8-5-4-7(12)6-9(8)11(13,14)15/h2,4-6,10H,1,3,16H2. The summed E-state index contributed by atoms with van der Waals surface area (Å²) in [6, 6.07) is 3.30. The van der Waals surface area contributed by atoms with E-state index in [2.05, 4.69) is 22.5 Å². The minimum absolute atomic E-state index is 0.0931. The summed E-state index contributed by atoms with van der Waals surface area (Å²) >= 11 is 3.02. The van der Waals surface area contributed by atoms with Crippen LogP contribution in [0.25, 0.3) is 0 Å². The van der Waals surface area contributed by atoms with Crippen LogP contribution < -0.4 is 5.73 Å². The van der Waals surface area contributed by atoms with Crippen molar-refractivity contribution in [3.05, 3.63) is 46.5 Å². The number of nitrogens with two attached hydrogens (primary N) is 1. The Morgan fingerprint density at radius 3 is 2.56 bits per heavy atom. The molecule has 1 aromatic carbocycles. The van der Waals surface area contributed by atoms with E-state index >= 15 is 0 Å². The van der Waals surface area contributed by atoms with Crippen molar-refractivity contribution in [1.29, 1.82) is 0 Å². The van der Waals surface area contributed by atoms with Crippen molar-refractivity contribution in [2.45, 2.75) is 18.6 Å². The highest BCUT2D eigenvalue weighted by Gasteiger charge is 2.34. The summed E-state index contributed by atoms with van der Waals surface area (Å²) in [6.07, 6.45) is -2.57. The average Bonchev–Trinajstić information content (AvgIpc) is 2.16. The highest BCUT2D eigenvalue weighted by Crippen LogP contribution is 2.36. The summed E-state index contributed by atoms with van der Waals surface area (Å²) in [7, 11) is 0. The maximum absolute atomic E-state index is 12.7. The van der Waals surface area contributed by atoms with Crippen molar-refractivity contribution >= 4 is 15.9 Å². The van der Waals surface area contributed by atoms with Crippen LogP contribution in [0.3, 0.4) is 0 Å². The Bertz CT molecular complexity index is 387. The lowest BCUT2D eigenvalue weighted by Crippen LogP contribution is -2.17. The van der Waals surface area contributed by atoms with Gasteiger partial charge in [-0.25, -0.2) is 0 Å². The number of hydrogen-bond acceptors (Lipinski definition) is 1. The minimum atomic E-state index is -4.39. The Balaban J connectivity index is 3.22. The molecular formula is C11H11BrF3N. The molecule has 16 heavy (non-hydrogen) atoms. The second-order valence-corrected chi connectivity index (χ2v) is 4.28. The summed E-state index contributed by atoms with van der Waals surface area (Å²) in [5, 5.41) is 0. The number of hydrogen-bond donors (Lipinski definition) is 1. The minimum Gasteiger partial charge on any atom is -0.324 e. The third-order valence-electron chi connectivity index (χ3n) is 2.14. The molecule has 1 unspecified atom stereocenters. The van der Waals surface area contributed by atoms with E-state index in [-0.39, 0.29) is 5.56 Å². The third-order valence-corrected chi connectivity index (χ3v) is 2.63. The monoisotopic (exact) mass is 293 g/mol. The van der Waals surface area contributed by atoms with Gasteiger partial charge in [-0.2, -0.15) is 13.2 Å². The lowest BCUT2D eigenvalue weighted by Gasteiger charge is -2.17. The van der Waals surface area contributed by atoms with E-state index in [1.807, 2.05) is 0 Å². The zero-order valence-corrected chi connectivity index (χ0v) is 9.98. The maximum Gasteiger partial charge on any atom is 0.416 e. The molecule has 5 heteroatoms. The third kappa shape index (κ3) is 3.09. The molecule has 1 atom stereocenters. The molecule has 2 N–H and O–H groups in total. The van der Waals surface area contributed by atoms with E-state index in [9.17, 15) is 13.2 Å². The summed E-state index contributed by atoms with van der Waals surface area (Å²) in [4.78, 5) is 0. The van der Waals surface area contributed by atoms with Crippen LogP contribution in [0.2, 0.25) is 0 Å². The molecule has 0 radical (unpaired) electrons. The molecule has 1 aromatic rings. The van der Waals surface area contributed by atoms with Crippen molar-refractivity contribution in [1.82, 2.24) is 0 Å². The summed E-state index contributed by atoms with van der Waals surface area (Å²) in [5.41, 5.74) is 5.06. The van der Waals surface area contributed by atoms with Crippen LogP contribution in [0.1, 0.15) is 23.6 Å². The highest BCUT2D eigenvalue weighted by molar-refractivity contribution is 9.10. The molecule has 1 nitrogen and oxygen atoms in total. The van der Waals surface area contributed by atoms with Gasteiger partial charge in [0.15, 0.2) is 0 Å². The zero-order valence-electron chi connectivity index (χ0n) is 8.39. The quantitative estimate of drug-likeness (QED) is 0.836. The number of alkyl halides is 3. The molecule has 0 aliphatic heterocycles. The van der Waals surface area contributed by atoms with Crippen LogP contribution in [-0.2, 0) is 6.18 Å². The van der Waals surface area contributed by atoms with Gasteiger partial charge in [0.25, 0.3) is 0 Å². The lowest BCUT2D eigenvalue weighted by atomic mass is 9.98. The molecule has 0 fully saturated rings. The molecule has 0 aromatic heterocycles. The van der Waals surface area contributed by atoms with Gasteiger partial charge >= 0.3 is 6.18 Å². The van der Waals surface area contributed by atoms with Crippen molar-refractivity contribution < 1.29 is 13.2 Å². The largest absolute Gasteiger partial charge is 0.416 e. The fraction of sp³-hybridized carbons (Fsp3) is 0.273. The van der Waals surface area contributed by atoms with E-state index < -0.39 is 17.8 Å². The molecule has 88 valence electrons. The molecular weight excluding hydrogens is 283 g/mol. The molecule has 0 saturated carbocycles. The molecule has 0 heterocycles. The second-order valence-electron chi connectivity index (χ2n) is 3.36. The lowest BCUT2D eigenvalue weighted by molar-refractivity contribution is -0.138. The van der Waals surface area contributed by atoms with Gasteiger partial charge < -0.3 is 5.73 Å². The molecule has 0 amide bonds. The Kier molecular flexibility index (Phi) is 4.15. The molecule has 0 aliphatic rings. The van der Waals surface area contributed by atoms with Crippen LogP contribution in [-0.4, -0.2) is 0 Å². The van der Waals surface area contributed by atoms with E-state index in [1.54, 1.807) is 6.07 Å². The van der Waals surface area contributed by atoms with Crippen LogP contribution in [0.15, 0.2) is 35.3 Å². The summed E-state index contributed by atoms with van der Waals surface area (Å²) in [5.74, 6) is 0. The fourth-order valence-electron chi connectivity index (χ4n) is 1.40. The van der Waals surface area contributed by atoms with Gasteiger partial charge in [0, 0.05) is 10.5 Å². The van der Waals surface area contributed by atoms with Crippen LogP contribution in [0.5, 0.6) is 0 Å². The SMILES string of the molecule is C=CCC(N)c1ccc(Br)cc1C(F)(F)F. The fourth-order valence-corrected chi connectivity index (χ4v) is 1.76. The molecule has 0 bridgehead atoms. The van der Waals surface area contributed by atoms with E-state index in [0.717, 1.165) is 6.07 Å². The van der Waals surface area contributed by atoms with Gasteiger partial charge in [0.1, 0.15) is 0 Å². The molecule has 0 saturated heterocycles. The van der Waals surface area contributed by atoms with Gasteiger partial charge in [0.2, 0.25) is 0 Å². The Morgan fingerprint density at radius 1 is 1.44 bits per heavy atom.